The maximum Gasteiger partial charge on any atom is 0.0676 e. The lowest BCUT2D eigenvalue weighted by Crippen LogP contribution is -2.31. The zero-order valence-corrected chi connectivity index (χ0v) is 7.34. The van der Waals surface area contributed by atoms with Gasteiger partial charge in [-0.15, -0.1) is 0 Å². The fourth-order valence-electron chi connectivity index (χ4n) is 2.94. The fraction of sp³-hybridized carbons (Fsp3) is 1.00. The lowest BCUT2D eigenvalue weighted by atomic mass is 9.86. The molecule has 0 aromatic carbocycles. The Bertz CT molecular complexity index is 153. The van der Waals surface area contributed by atoms with Crippen LogP contribution in [0.1, 0.15) is 45.4 Å². The molecule has 0 spiro atoms. The number of hydrogen-bond acceptors (Lipinski definition) is 1. The summed E-state index contributed by atoms with van der Waals surface area (Å²) in [6.45, 7) is 2.24. The van der Waals surface area contributed by atoms with Crippen molar-refractivity contribution in [1.82, 2.24) is 0 Å². The van der Waals surface area contributed by atoms with E-state index in [9.17, 15) is 5.11 Å². The Morgan fingerprint density at radius 3 is 2.82 bits per heavy atom. The molecule has 64 valence electrons. The van der Waals surface area contributed by atoms with Crippen molar-refractivity contribution in [3.63, 3.8) is 0 Å². The van der Waals surface area contributed by atoms with Crippen LogP contribution in [0.5, 0.6) is 0 Å². The first-order chi connectivity index (χ1) is 5.22. The molecule has 0 unspecified atom stereocenters. The molecule has 3 atom stereocenters. The van der Waals surface area contributed by atoms with Crippen LogP contribution in [0.4, 0.5) is 0 Å². The van der Waals surface area contributed by atoms with Crippen LogP contribution in [0.3, 0.4) is 0 Å². The molecule has 0 saturated heterocycles. The molecule has 11 heavy (non-hydrogen) atoms. The van der Waals surface area contributed by atoms with Crippen molar-refractivity contribution in [1.29, 1.82) is 0 Å². The van der Waals surface area contributed by atoms with Gasteiger partial charge in [0, 0.05) is 0 Å². The van der Waals surface area contributed by atoms with Gasteiger partial charge in [0.2, 0.25) is 0 Å². The molecule has 0 amide bonds. The SMILES string of the molecule is C[C@H]1[C@@H]2CCCC[C@@]1(O)CC2. The monoisotopic (exact) mass is 154 g/mol. The van der Waals surface area contributed by atoms with E-state index in [0.717, 1.165) is 18.8 Å². The van der Waals surface area contributed by atoms with Crippen LogP contribution in [0.25, 0.3) is 0 Å². The lowest BCUT2D eigenvalue weighted by molar-refractivity contribution is -0.00312. The summed E-state index contributed by atoms with van der Waals surface area (Å²) in [7, 11) is 0. The molecule has 0 aromatic heterocycles. The molecule has 1 heteroatoms. The third-order valence-electron chi connectivity index (χ3n) is 3.94. The van der Waals surface area contributed by atoms with Gasteiger partial charge in [-0.25, -0.2) is 0 Å². The molecule has 2 bridgehead atoms. The van der Waals surface area contributed by atoms with E-state index in [1.807, 2.05) is 0 Å². The quantitative estimate of drug-likeness (QED) is 0.568. The van der Waals surface area contributed by atoms with Crippen molar-refractivity contribution >= 4 is 0 Å². The molecule has 2 saturated carbocycles. The molecule has 0 heterocycles. The Morgan fingerprint density at radius 1 is 1.18 bits per heavy atom. The van der Waals surface area contributed by atoms with E-state index in [4.69, 9.17) is 0 Å². The highest BCUT2D eigenvalue weighted by Gasteiger charge is 2.44. The average Bonchev–Trinajstić information content (AvgIpc) is 2.13. The fourth-order valence-corrected chi connectivity index (χ4v) is 2.94. The van der Waals surface area contributed by atoms with Gasteiger partial charge in [0.05, 0.1) is 5.60 Å². The van der Waals surface area contributed by atoms with Crippen molar-refractivity contribution in [2.24, 2.45) is 11.8 Å². The summed E-state index contributed by atoms with van der Waals surface area (Å²) in [4.78, 5) is 0. The highest BCUT2D eigenvalue weighted by Crippen LogP contribution is 2.47. The Balaban J connectivity index is 2.18. The Morgan fingerprint density at radius 2 is 2.00 bits per heavy atom. The Hall–Kier alpha value is -0.0400. The molecule has 0 aromatic rings. The molecule has 2 rings (SSSR count). The van der Waals surface area contributed by atoms with E-state index >= 15 is 0 Å². The molecular formula is C10H18O. The van der Waals surface area contributed by atoms with Gasteiger partial charge >= 0.3 is 0 Å². The van der Waals surface area contributed by atoms with Gasteiger partial charge in [-0.05, 0) is 31.1 Å². The molecule has 2 fully saturated rings. The smallest absolute Gasteiger partial charge is 0.0676 e. The maximum atomic E-state index is 10.2. The second-order valence-electron chi connectivity index (χ2n) is 4.44. The highest BCUT2D eigenvalue weighted by atomic mass is 16.3. The van der Waals surface area contributed by atoms with Crippen molar-refractivity contribution < 1.29 is 5.11 Å². The van der Waals surface area contributed by atoms with Crippen LogP contribution in [0, 0.1) is 11.8 Å². The third kappa shape index (κ3) is 1.10. The van der Waals surface area contributed by atoms with E-state index in [0.29, 0.717) is 5.92 Å². The average molecular weight is 154 g/mol. The van der Waals surface area contributed by atoms with Gasteiger partial charge in [-0.1, -0.05) is 26.2 Å². The van der Waals surface area contributed by atoms with Crippen LogP contribution in [-0.4, -0.2) is 10.7 Å². The summed E-state index contributed by atoms with van der Waals surface area (Å²) in [5.41, 5.74) is -0.263. The van der Waals surface area contributed by atoms with Gasteiger partial charge in [0.1, 0.15) is 0 Å². The van der Waals surface area contributed by atoms with E-state index in [2.05, 4.69) is 6.92 Å². The van der Waals surface area contributed by atoms with E-state index in [1.165, 1.54) is 25.7 Å². The Labute approximate surface area is 68.8 Å². The summed E-state index contributed by atoms with van der Waals surface area (Å²) in [6, 6.07) is 0. The van der Waals surface area contributed by atoms with Crippen LogP contribution in [-0.2, 0) is 0 Å². The van der Waals surface area contributed by atoms with Crippen LogP contribution >= 0.6 is 0 Å². The highest BCUT2D eigenvalue weighted by molar-refractivity contribution is 4.96. The van der Waals surface area contributed by atoms with Gasteiger partial charge in [0.25, 0.3) is 0 Å². The summed E-state index contributed by atoms with van der Waals surface area (Å²) in [5, 5.41) is 10.2. The molecular weight excluding hydrogens is 136 g/mol. The molecule has 0 radical (unpaired) electrons. The first kappa shape index (κ1) is 7.60. The zero-order valence-electron chi connectivity index (χ0n) is 7.34. The van der Waals surface area contributed by atoms with Crippen molar-refractivity contribution in [3.05, 3.63) is 0 Å². The van der Waals surface area contributed by atoms with Crippen LogP contribution in [0.2, 0.25) is 0 Å². The van der Waals surface area contributed by atoms with E-state index < -0.39 is 0 Å². The minimum Gasteiger partial charge on any atom is -0.390 e. The van der Waals surface area contributed by atoms with Gasteiger partial charge in [-0.3, -0.25) is 0 Å². The molecule has 1 N–H and O–H groups in total. The molecule has 2 aliphatic carbocycles. The van der Waals surface area contributed by atoms with Crippen molar-refractivity contribution in [2.45, 2.75) is 51.0 Å². The first-order valence-electron chi connectivity index (χ1n) is 4.95. The Kier molecular flexibility index (Phi) is 1.71. The standard InChI is InChI=1S/C10H18O/c1-8-9-4-2-3-6-10(8,11)7-5-9/h8-9,11H,2-7H2,1H3/t8-,9+,10+/m0/s1. The number of aliphatic hydroxyl groups is 1. The minimum absolute atomic E-state index is 0.263. The van der Waals surface area contributed by atoms with Crippen molar-refractivity contribution in [3.8, 4) is 0 Å². The normalized spacial score (nSPS) is 50.7. The molecule has 1 nitrogen and oxygen atoms in total. The maximum absolute atomic E-state index is 10.2. The summed E-state index contributed by atoms with van der Waals surface area (Å²) >= 11 is 0. The summed E-state index contributed by atoms with van der Waals surface area (Å²) in [5.74, 6) is 1.41. The predicted octanol–water partition coefficient (Wildman–Crippen LogP) is 2.34. The van der Waals surface area contributed by atoms with Crippen molar-refractivity contribution in [2.75, 3.05) is 0 Å². The number of rotatable bonds is 0. The molecule has 2 aliphatic rings. The largest absolute Gasteiger partial charge is 0.390 e. The van der Waals surface area contributed by atoms with Gasteiger partial charge in [-0.2, -0.15) is 0 Å². The second-order valence-corrected chi connectivity index (χ2v) is 4.44. The topological polar surface area (TPSA) is 20.2 Å². The van der Waals surface area contributed by atoms with Gasteiger partial charge < -0.3 is 5.11 Å². The first-order valence-corrected chi connectivity index (χ1v) is 4.95. The van der Waals surface area contributed by atoms with E-state index in [-0.39, 0.29) is 5.60 Å². The zero-order chi connectivity index (χ0) is 7.90. The molecule has 0 aliphatic heterocycles. The van der Waals surface area contributed by atoms with Crippen LogP contribution < -0.4 is 0 Å². The minimum atomic E-state index is -0.263. The third-order valence-corrected chi connectivity index (χ3v) is 3.94. The summed E-state index contributed by atoms with van der Waals surface area (Å²) in [6.07, 6.45) is 7.36. The summed E-state index contributed by atoms with van der Waals surface area (Å²) < 4.78 is 0. The lowest BCUT2D eigenvalue weighted by Gasteiger charge is -2.27. The second kappa shape index (κ2) is 2.48. The van der Waals surface area contributed by atoms with Crippen LogP contribution in [0.15, 0.2) is 0 Å². The van der Waals surface area contributed by atoms with E-state index in [1.54, 1.807) is 0 Å². The number of hydrogen-bond donors (Lipinski definition) is 1. The van der Waals surface area contributed by atoms with Gasteiger partial charge in [0.15, 0.2) is 0 Å². The predicted molar refractivity (Wildman–Crippen MR) is 45.3 cm³/mol. The number of fused-ring (bicyclic) bond motifs is 2.